The van der Waals surface area contributed by atoms with Crippen LogP contribution in [0.2, 0.25) is 0 Å². The average Bonchev–Trinajstić information content (AvgIpc) is 2.65. The maximum Gasteiger partial charge on any atom is 0.261 e. The minimum absolute atomic E-state index is 0.0170. The third-order valence-corrected chi connectivity index (χ3v) is 5.81. The molecule has 2 aromatic rings. The van der Waals surface area contributed by atoms with Crippen LogP contribution in [0, 0.1) is 0 Å². The Bertz CT molecular complexity index is 909. The minimum Gasteiger partial charge on any atom is -0.351 e. The van der Waals surface area contributed by atoms with Crippen LogP contribution in [0.5, 0.6) is 0 Å². The van der Waals surface area contributed by atoms with E-state index in [1.807, 2.05) is 4.57 Å². The molecule has 6 heteroatoms. The average molecular weight is 399 g/mol. The first-order valence-corrected chi connectivity index (χ1v) is 11.0. The molecule has 0 spiro atoms. The predicted octanol–water partition coefficient (Wildman–Crippen LogP) is 3.36. The van der Waals surface area contributed by atoms with Gasteiger partial charge in [0.15, 0.2) is 0 Å². The van der Waals surface area contributed by atoms with Crippen LogP contribution in [-0.2, 0) is 13.0 Å². The van der Waals surface area contributed by atoms with Gasteiger partial charge in [0.05, 0.1) is 10.9 Å². The van der Waals surface area contributed by atoms with Crippen LogP contribution >= 0.6 is 0 Å². The van der Waals surface area contributed by atoms with Gasteiger partial charge in [-0.2, -0.15) is 0 Å². The Kier molecular flexibility index (Phi) is 7.06. The Morgan fingerprint density at radius 1 is 1.14 bits per heavy atom. The molecule has 2 heterocycles. The molecule has 1 aliphatic heterocycles. The number of hydrogen-bond acceptors (Lipinski definition) is 4. The van der Waals surface area contributed by atoms with E-state index in [4.69, 9.17) is 4.98 Å². The quantitative estimate of drug-likeness (QED) is 0.810. The van der Waals surface area contributed by atoms with Crippen molar-refractivity contribution in [3.63, 3.8) is 0 Å². The van der Waals surface area contributed by atoms with Gasteiger partial charge in [-0.3, -0.25) is 19.1 Å². The standard InChI is InChI=1S/C23H34N4O2/c1-16(2)26(17(3)4)14-12-24-22(28)18-10-11-19-20(15-18)25-21-9-7-5-6-8-13-27(21)23(19)29/h10-11,15-17H,5-9,12-14H2,1-4H3,(H,24,28). The van der Waals surface area contributed by atoms with Gasteiger partial charge >= 0.3 is 0 Å². The maximum absolute atomic E-state index is 12.9. The van der Waals surface area contributed by atoms with Gasteiger partial charge in [-0.15, -0.1) is 0 Å². The SMILES string of the molecule is CC(C)N(CCNC(=O)c1ccc2c(=O)n3c(nc2c1)CCCCCC3)C(C)C. The number of nitrogens with zero attached hydrogens (tertiary/aromatic N) is 3. The molecule has 158 valence electrons. The molecule has 3 rings (SSSR count). The lowest BCUT2D eigenvalue weighted by Gasteiger charge is -2.30. The van der Waals surface area contributed by atoms with Gasteiger partial charge < -0.3 is 5.32 Å². The largest absolute Gasteiger partial charge is 0.351 e. The Balaban J connectivity index is 1.77. The number of hydrogen-bond donors (Lipinski definition) is 1. The molecule has 0 bridgehead atoms. The fraction of sp³-hybridized carbons (Fsp3) is 0.609. The summed E-state index contributed by atoms with van der Waals surface area (Å²) in [5.74, 6) is 0.734. The van der Waals surface area contributed by atoms with Gasteiger partial charge in [-0.05, 0) is 58.7 Å². The molecule has 0 unspecified atom stereocenters. The molecular weight excluding hydrogens is 364 g/mol. The zero-order valence-corrected chi connectivity index (χ0v) is 18.2. The van der Waals surface area contributed by atoms with E-state index in [1.165, 1.54) is 6.42 Å². The highest BCUT2D eigenvalue weighted by Gasteiger charge is 2.16. The van der Waals surface area contributed by atoms with Crippen LogP contribution in [0.25, 0.3) is 10.9 Å². The summed E-state index contributed by atoms with van der Waals surface area (Å²) >= 11 is 0. The fourth-order valence-corrected chi connectivity index (χ4v) is 4.25. The lowest BCUT2D eigenvalue weighted by molar-refractivity contribution is 0.0939. The summed E-state index contributed by atoms with van der Waals surface area (Å²) in [7, 11) is 0. The first-order chi connectivity index (χ1) is 13.9. The number of carbonyl (C=O) groups is 1. The highest BCUT2D eigenvalue weighted by molar-refractivity contribution is 5.97. The number of rotatable bonds is 6. The number of amides is 1. The molecular formula is C23H34N4O2. The molecule has 0 aliphatic carbocycles. The molecule has 29 heavy (non-hydrogen) atoms. The van der Waals surface area contributed by atoms with E-state index < -0.39 is 0 Å². The van der Waals surface area contributed by atoms with E-state index in [0.29, 0.717) is 35.1 Å². The van der Waals surface area contributed by atoms with Gasteiger partial charge in [-0.25, -0.2) is 4.98 Å². The van der Waals surface area contributed by atoms with E-state index in [9.17, 15) is 9.59 Å². The van der Waals surface area contributed by atoms with Crippen LogP contribution in [0.1, 0.15) is 69.6 Å². The lowest BCUT2D eigenvalue weighted by Crippen LogP contribution is -2.42. The third-order valence-electron chi connectivity index (χ3n) is 5.81. The van der Waals surface area contributed by atoms with Gasteiger partial charge in [0.1, 0.15) is 5.82 Å². The van der Waals surface area contributed by atoms with Gasteiger partial charge in [0.2, 0.25) is 0 Å². The van der Waals surface area contributed by atoms with Crippen molar-refractivity contribution in [2.45, 2.75) is 78.4 Å². The van der Waals surface area contributed by atoms with E-state index in [2.05, 4.69) is 37.9 Å². The molecule has 1 N–H and O–H groups in total. The highest BCUT2D eigenvalue weighted by atomic mass is 16.1. The summed E-state index contributed by atoms with van der Waals surface area (Å²) in [5, 5.41) is 3.60. The first kappa shape index (κ1) is 21.5. The third kappa shape index (κ3) is 5.04. The van der Waals surface area contributed by atoms with Crippen molar-refractivity contribution < 1.29 is 4.79 Å². The second kappa shape index (κ2) is 9.53. The molecule has 0 saturated carbocycles. The summed E-state index contributed by atoms with van der Waals surface area (Å²) in [6.07, 6.45) is 5.24. The van der Waals surface area contributed by atoms with Crippen LogP contribution in [0.15, 0.2) is 23.0 Å². The second-order valence-electron chi connectivity index (χ2n) is 8.56. The van der Waals surface area contributed by atoms with Crippen molar-refractivity contribution in [1.29, 1.82) is 0 Å². The molecule has 1 aromatic carbocycles. The Labute approximate surface area is 173 Å². The number of aromatic nitrogens is 2. The zero-order chi connectivity index (χ0) is 21.0. The lowest BCUT2D eigenvalue weighted by atomic mass is 10.1. The van der Waals surface area contributed by atoms with Crippen LogP contribution in [0.4, 0.5) is 0 Å². The Morgan fingerprint density at radius 2 is 1.86 bits per heavy atom. The van der Waals surface area contributed by atoms with E-state index in [1.54, 1.807) is 18.2 Å². The zero-order valence-electron chi connectivity index (χ0n) is 18.2. The van der Waals surface area contributed by atoms with Gasteiger partial charge in [0.25, 0.3) is 11.5 Å². The summed E-state index contributed by atoms with van der Waals surface area (Å²) in [5.41, 5.74) is 1.20. The summed E-state index contributed by atoms with van der Waals surface area (Å²) in [6, 6.07) is 6.11. The number of aryl methyl sites for hydroxylation is 1. The maximum atomic E-state index is 12.9. The van der Waals surface area contributed by atoms with Crippen molar-refractivity contribution >= 4 is 16.8 Å². The first-order valence-electron chi connectivity index (χ1n) is 11.0. The Morgan fingerprint density at radius 3 is 2.59 bits per heavy atom. The monoisotopic (exact) mass is 398 g/mol. The van der Waals surface area contributed by atoms with E-state index in [-0.39, 0.29) is 11.5 Å². The van der Waals surface area contributed by atoms with Crippen LogP contribution < -0.4 is 10.9 Å². The number of benzene rings is 1. The fourth-order valence-electron chi connectivity index (χ4n) is 4.25. The second-order valence-corrected chi connectivity index (χ2v) is 8.56. The highest BCUT2D eigenvalue weighted by Crippen LogP contribution is 2.16. The predicted molar refractivity (Wildman–Crippen MR) is 117 cm³/mol. The molecule has 0 fully saturated rings. The van der Waals surface area contributed by atoms with Crippen molar-refractivity contribution in [3.05, 3.63) is 39.9 Å². The van der Waals surface area contributed by atoms with E-state index >= 15 is 0 Å². The molecule has 1 aromatic heterocycles. The van der Waals surface area contributed by atoms with Crippen molar-refractivity contribution in [2.75, 3.05) is 13.1 Å². The molecule has 0 radical (unpaired) electrons. The van der Waals surface area contributed by atoms with Gasteiger partial charge in [-0.1, -0.05) is 12.8 Å². The normalized spacial score (nSPS) is 14.9. The summed E-state index contributed by atoms with van der Waals surface area (Å²) < 4.78 is 1.83. The smallest absolute Gasteiger partial charge is 0.261 e. The topological polar surface area (TPSA) is 67.2 Å². The molecule has 1 amide bonds. The Hall–Kier alpha value is -2.21. The van der Waals surface area contributed by atoms with Crippen molar-refractivity contribution in [2.24, 2.45) is 0 Å². The van der Waals surface area contributed by atoms with Crippen molar-refractivity contribution in [1.82, 2.24) is 19.8 Å². The van der Waals surface area contributed by atoms with Crippen LogP contribution in [-0.4, -0.2) is 45.5 Å². The molecule has 0 saturated heterocycles. The number of carbonyl (C=O) groups excluding carboxylic acids is 1. The number of fused-ring (bicyclic) bond motifs is 2. The number of nitrogens with one attached hydrogen (secondary N) is 1. The molecule has 6 nitrogen and oxygen atoms in total. The molecule has 1 aliphatic rings. The summed E-state index contributed by atoms with van der Waals surface area (Å²) in [6.45, 7) is 10.8. The minimum atomic E-state index is -0.118. The van der Waals surface area contributed by atoms with Crippen molar-refractivity contribution in [3.8, 4) is 0 Å². The van der Waals surface area contributed by atoms with E-state index in [0.717, 1.165) is 44.6 Å². The molecule has 0 atom stereocenters. The summed E-state index contributed by atoms with van der Waals surface area (Å²) in [4.78, 5) is 32.7. The van der Waals surface area contributed by atoms with Crippen LogP contribution in [0.3, 0.4) is 0 Å². The van der Waals surface area contributed by atoms with Gasteiger partial charge in [0, 0.05) is 43.7 Å².